The maximum atomic E-state index is 13.2. The van der Waals surface area contributed by atoms with Crippen LogP contribution in [-0.2, 0) is 16.1 Å². The summed E-state index contributed by atoms with van der Waals surface area (Å²) in [5, 5.41) is 0. The van der Waals surface area contributed by atoms with E-state index < -0.39 is 0 Å². The average Bonchev–Trinajstić information content (AvgIpc) is 3.47. The van der Waals surface area contributed by atoms with E-state index in [1.54, 1.807) is 9.80 Å². The average molecular weight is 517 g/mol. The monoisotopic (exact) mass is 516 g/mol. The molecule has 1 saturated heterocycles. The molecule has 0 radical (unpaired) electrons. The smallest absolute Gasteiger partial charge is 0.266 e. The van der Waals surface area contributed by atoms with Crippen LogP contribution in [0.4, 0.5) is 5.69 Å². The van der Waals surface area contributed by atoms with Gasteiger partial charge >= 0.3 is 0 Å². The summed E-state index contributed by atoms with van der Waals surface area (Å²) in [6.45, 7) is 1.08. The van der Waals surface area contributed by atoms with Crippen molar-refractivity contribution in [1.82, 2.24) is 4.90 Å². The van der Waals surface area contributed by atoms with Gasteiger partial charge in [0.05, 0.1) is 11.4 Å². The molecule has 182 valence electrons. The lowest BCUT2D eigenvalue weighted by Crippen LogP contribution is -2.33. The number of para-hydroxylation sites is 1. The van der Waals surface area contributed by atoms with Gasteiger partial charge in [-0.05, 0) is 47.9 Å². The van der Waals surface area contributed by atoms with E-state index in [0.717, 1.165) is 16.8 Å². The van der Waals surface area contributed by atoms with E-state index in [-0.39, 0.29) is 18.6 Å². The number of carbonyl (C=O) groups excluding carboxylic acids is 2. The predicted molar refractivity (Wildman–Crippen MR) is 146 cm³/mol. The van der Waals surface area contributed by atoms with Crippen molar-refractivity contribution >= 4 is 51.9 Å². The molecule has 0 N–H and O–H groups in total. The second-order valence-corrected chi connectivity index (χ2v) is 10.0. The van der Waals surface area contributed by atoms with Crippen molar-refractivity contribution in [2.24, 2.45) is 0 Å². The number of benzene rings is 3. The Kier molecular flexibility index (Phi) is 7.34. The van der Waals surface area contributed by atoms with Crippen molar-refractivity contribution in [2.75, 3.05) is 18.2 Å². The van der Waals surface area contributed by atoms with Gasteiger partial charge in [-0.25, -0.2) is 0 Å². The van der Waals surface area contributed by atoms with Crippen molar-refractivity contribution < 1.29 is 19.1 Å². The van der Waals surface area contributed by atoms with E-state index in [0.29, 0.717) is 46.7 Å². The third-order valence-corrected chi connectivity index (χ3v) is 7.27. The van der Waals surface area contributed by atoms with Gasteiger partial charge in [0, 0.05) is 18.7 Å². The second-order valence-electron chi connectivity index (χ2n) is 8.35. The SMILES string of the molecule is O=C1C(=Cc2ccc3c(c2)OCO3)SC(=S)N1CCCC(=O)N(Cc1ccccc1)c1ccccc1. The molecule has 36 heavy (non-hydrogen) atoms. The van der Waals surface area contributed by atoms with Crippen molar-refractivity contribution in [2.45, 2.75) is 19.4 Å². The number of ether oxygens (including phenoxy) is 2. The molecular weight excluding hydrogens is 492 g/mol. The molecular formula is C28H24N2O4S2. The van der Waals surface area contributed by atoms with Crippen LogP contribution < -0.4 is 14.4 Å². The van der Waals surface area contributed by atoms with Crippen LogP contribution >= 0.6 is 24.0 Å². The standard InChI is InChI=1S/C28H24N2O4S2/c31-26(30(22-10-5-2-6-11-22)18-20-8-3-1-4-9-20)12-7-15-29-27(32)25(36-28(29)35)17-21-13-14-23-24(16-21)34-19-33-23/h1-6,8-11,13-14,16-17H,7,12,15,18-19H2. The second kappa shape index (κ2) is 11.0. The van der Waals surface area contributed by atoms with Crippen LogP contribution in [-0.4, -0.2) is 34.4 Å². The Hall–Kier alpha value is -3.62. The summed E-state index contributed by atoms with van der Waals surface area (Å²) < 4.78 is 11.3. The number of anilines is 1. The summed E-state index contributed by atoms with van der Waals surface area (Å²) in [6, 6.07) is 25.1. The van der Waals surface area contributed by atoms with Crippen molar-refractivity contribution in [3.63, 3.8) is 0 Å². The molecule has 6 nitrogen and oxygen atoms in total. The van der Waals surface area contributed by atoms with Gasteiger partial charge in [0.25, 0.3) is 5.91 Å². The van der Waals surface area contributed by atoms with E-state index in [9.17, 15) is 9.59 Å². The highest BCUT2D eigenvalue weighted by Gasteiger charge is 2.32. The molecule has 2 amide bonds. The summed E-state index contributed by atoms with van der Waals surface area (Å²) >= 11 is 6.75. The number of thiocarbonyl (C=S) groups is 1. The van der Waals surface area contributed by atoms with Gasteiger partial charge < -0.3 is 14.4 Å². The molecule has 8 heteroatoms. The Morgan fingerprint density at radius 1 is 1.00 bits per heavy atom. The van der Waals surface area contributed by atoms with Crippen LogP contribution in [0.15, 0.2) is 83.8 Å². The van der Waals surface area contributed by atoms with Crippen LogP contribution in [0.2, 0.25) is 0 Å². The van der Waals surface area contributed by atoms with Crippen molar-refractivity contribution in [3.05, 3.63) is 94.9 Å². The van der Waals surface area contributed by atoms with Gasteiger partial charge in [0.1, 0.15) is 4.32 Å². The number of carbonyl (C=O) groups is 2. The predicted octanol–water partition coefficient (Wildman–Crippen LogP) is 5.63. The normalized spacial score (nSPS) is 15.6. The quantitative estimate of drug-likeness (QED) is 0.286. The maximum Gasteiger partial charge on any atom is 0.266 e. The Morgan fingerprint density at radius 3 is 2.50 bits per heavy atom. The largest absolute Gasteiger partial charge is 0.454 e. The van der Waals surface area contributed by atoms with Gasteiger partial charge in [-0.1, -0.05) is 78.6 Å². The molecule has 3 aromatic carbocycles. The van der Waals surface area contributed by atoms with Gasteiger partial charge in [-0.15, -0.1) is 0 Å². The first-order valence-corrected chi connectivity index (χ1v) is 12.9. The van der Waals surface area contributed by atoms with Crippen LogP contribution in [0.5, 0.6) is 11.5 Å². The lowest BCUT2D eigenvalue weighted by atomic mass is 10.1. The fraction of sp³-hybridized carbons (Fsp3) is 0.179. The lowest BCUT2D eigenvalue weighted by molar-refractivity contribution is -0.123. The van der Waals surface area contributed by atoms with Crippen LogP contribution in [0.25, 0.3) is 6.08 Å². The minimum absolute atomic E-state index is 0.00592. The first-order chi connectivity index (χ1) is 17.6. The molecule has 2 aliphatic heterocycles. The summed E-state index contributed by atoms with van der Waals surface area (Å²) in [6.07, 6.45) is 2.63. The molecule has 3 aromatic rings. The number of hydrogen-bond donors (Lipinski definition) is 0. The highest BCUT2D eigenvalue weighted by atomic mass is 32.2. The Morgan fingerprint density at radius 2 is 1.72 bits per heavy atom. The molecule has 0 aliphatic carbocycles. The first-order valence-electron chi connectivity index (χ1n) is 11.6. The summed E-state index contributed by atoms with van der Waals surface area (Å²) in [5.74, 6) is 1.23. The minimum Gasteiger partial charge on any atom is -0.454 e. The highest BCUT2D eigenvalue weighted by Crippen LogP contribution is 2.36. The molecule has 5 rings (SSSR count). The summed E-state index contributed by atoms with van der Waals surface area (Å²) in [5.41, 5.74) is 2.75. The van der Waals surface area contributed by atoms with Crippen LogP contribution in [0.3, 0.4) is 0 Å². The number of hydrogen-bond acceptors (Lipinski definition) is 6. The van der Waals surface area contributed by atoms with Gasteiger partial charge in [-0.3, -0.25) is 14.5 Å². The van der Waals surface area contributed by atoms with Gasteiger partial charge in [0.15, 0.2) is 11.5 Å². The molecule has 0 saturated carbocycles. The number of thioether (sulfide) groups is 1. The lowest BCUT2D eigenvalue weighted by Gasteiger charge is -2.24. The molecule has 2 aliphatic rings. The zero-order valence-electron chi connectivity index (χ0n) is 19.5. The molecule has 2 heterocycles. The number of amides is 2. The van der Waals surface area contributed by atoms with Crippen molar-refractivity contribution in [1.29, 1.82) is 0 Å². The topological polar surface area (TPSA) is 59.1 Å². The molecule has 0 spiro atoms. The minimum atomic E-state index is -0.140. The van der Waals surface area contributed by atoms with E-state index in [1.165, 1.54) is 11.8 Å². The molecule has 0 unspecified atom stereocenters. The maximum absolute atomic E-state index is 13.2. The molecule has 0 aromatic heterocycles. The van der Waals surface area contributed by atoms with Crippen LogP contribution in [0, 0.1) is 0 Å². The van der Waals surface area contributed by atoms with Crippen LogP contribution in [0.1, 0.15) is 24.0 Å². The fourth-order valence-corrected chi connectivity index (χ4v) is 5.38. The zero-order chi connectivity index (χ0) is 24.9. The fourth-order valence-electron chi connectivity index (χ4n) is 4.07. The summed E-state index contributed by atoms with van der Waals surface area (Å²) in [4.78, 5) is 30.2. The summed E-state index contributed by atoms with van der Waals surface area (Å²) in [7, 11) is 0. The van der Waals surface area contributed by atoms with Gasteiger partial charge in [-0.2, -0.15) is 0 Å². The first kappa shape index (κ1) is 24.1. The Labute approximate surface area is 219 Å². The van der Waals surface area contributed by atoms with Gasteiger partial charge in [0.2, 0.25) is 12.7 Å². The number of rotatable bonds is 8. The third kappa shape index (κ3) is 5.45. The molecule has 0 bridgehead atoms. The van der Waals surface area contributed by atoms with E-state index in [2.05, 4.69) is 0 Å². The van der Waals surface area contributed by atoms with E-state index >= 15 is 0 Å². The van der Waals surface area contributed by atoms with E-state index in [1.807, 2.05) is 84.9 Å². The number of nitrogens with zero attached hydrogens (tertiary/aromatic N) is 2. The molecule has 0 atom stereocenters. The van der Waals surface area contributed by atoms with Crippen molar-refractivity contribution in [3.8, 4) is 11.5 Å². The third-order valence-electron chi connectivity index (χ3n) is 5.89. The Bertz CT molecular complexity index is 1310. The highest BCUT2D eigenvalue weighted by molar-refractivity contribution is 8.26. The zero-order valence-corrected chi connectivity index (χ0v) is 21.1. The molecule has 1 fully saturated rings. The number of fused-ring (bicyclic) bond motifs is 1. The Balaban J connectivity index is 1.22. The van der Waals surface area contributed by atoms with E-state index in [4.69, 9.17) is 21.7 Å².